The summed E-state index contributed by atoms with van der Waals surface area (Å²) < 4.78 is 2.01. The molecule has 4 rings (SSSR count). The second kappa shape index (κ2) is 6.80. The molecule has 2 aliphatic rings. The molecule has 2 aromatic rings. The SMILES string of the molecule is CC(C)c1nc2c(n1CCCN1CCCC1)C(=O)C(=O)c1ccccc1-2. The van der Waals surface area contributed by atoms with Gasteiger partial charge < -0.3 is 9.47 Å². The number of Topliss-reactive ketones (excluding diaryl/α,β-unsaturated/α-hetero) is 2. The van der Waals surface area contributed by atoms with Crippen LogP contribution in [0.1, 0.15) is 65.7 Å². The normalized spacial score (nSPS) is 17.0. The van der Waals surface area contributed by atoms with Gasteiger partial charge in [-0.3, -0.25) is 9.59 Å². The molecule has 1 aliphatic carbocycles. The van der Waals surface area contributed by atoms with Crippen LogP contribution in [0.15, 0.2) is 24.3 Å². The summed E-state index contributed by atoms with van der Waals surface area (Å²) >= 11 is 0. The van der Waals surface area contributed by atoms with Crippen molar-refractivity contribution in [3.8, 4) is 11.3 Å². The van der Waals surface area contributed by atoms with Gasteiger partial charge in [-0.2, -0.15) is 0 Å². The summed E-state index contributed by atoms with van der Waals surface area (Å²) in [6.45, 7) is 8.27. The van der Waals surface area contributed by atoms with Crippen molar-refractivity contribution in [3.05, 3.63) is 41.3 Å². The monoisotopic (exact) mass is 351 g/mol. The van der Waals surface area contributed by atoms with Crippen LogP contribution in [0, 0.1) is 0 Å². The Hall–Kier alpha value is -2.27. The van der Waals surface area contributed by atoms with Crippen LogP contribution in [0.2, 0.25) is 0 Å². The predicted molar refractivity (Wildman–Crippen MR) is 101 cm³/mol. The smallest absolute Gasteiger partial charge is 0.252 e. The van der Waals surface area contributed by atoms with E-state index in [1.165, 1.54) is 25.9 Å². The minimum Gasteiger partial charge on any atom is -0.324 e. The van der Waals surface area contributed by atoms with Crippen molar-refractivity contribution in [2.75, 3.05) is 19.6 Å². The third-order valence-electron chi connectivity index (χ3n) is 5.42. The molecule has 0 radical (unpaired) electrons. The van der Waals surface area contributed by atoms with Crippen LogP contribution in [0.5, 0.6) is 0 Å². The number of aromatic nitrogens is 2. The van der Waals surface area contributed by atoms with Crippen molar-refractivity contribution in [1.82, 2.24) is 14.5 Å². The number of imidazole rings is 1. The van der Waals surface area contributed by atoms with Crippen LogP contribution < -0.4 is 0 Å². The summed E-state index contributed by atoms with van der Waals surface area (Å²) in [5.41, 5.74) is 2.42. The molecule has 5 nitrogen and oxygen atoms in total. The molecule has 1 aromatic heterocycles. The lowest BCUT2D eigenvalue weighted by Gasteiger charge is -2.18. The number of rotatable bonds is 5. The number of hydrogen-bond acceptors (Lipinski definition) is 4. The second-order valence-electron chi connectivity index (χ2n) is 7.58. The number of carbonyl (C=O) groups excluding carboxylic acids is 2. The van der Waals surface area contributed by atoms with E-state index < -0.39 is 11.6 Å². The molecule has 1 aliphatic heterocycles. The third-order valence-corrected chi connectivity index (χ3v) is 5.42. The van der Waals surface area contributed by atoms with Gasteiger partial charge in [0.25, 0.3) is 5.78 Å². The number of hydrogen-bond donors (Lipinski definition) is 0. The first kappa shape index (κ1) is 17.2. The van der Waals surface area contributed by atoms with E-state index in [0.717, 1.165) is 30.9 Å². The van der Waals surface area contributed by atoms with Crippen molar-refractivity contribution < 1.29 is 9.59 Å². The highest BCUT2D eigenvalue weighted by Crippen LogP contribution is 2.35. The van der Waals surface area contributed by atoms with Gasteiger partial charge in [-0.05, 0) is 38.9 Å². The Balaban J connectivity index is 1.71. The van der Waals surface area contributed by atoms with Crippen molar-refractivity contribution in [3.63, 3.8) is 0 Å². The summed E-state index contributed by atoms with van der Waals surface area (Å²) in [4.78, 5) is 32.7. The van der Waals surface area contributed by atoms with E-state index in [0.29, 0.717) is 17.0 Å². The molecule has 1 fully saturated rings. The Kier molecular flexibility index (Phi) is 4.49. The van der Waals surface area contributed by atoms with Gasteiger partial charge in [-0.25, -0.2) is 4.98 Å². The van der Waals surface area contributed by atoms with Gasteiger partial charge in [0, 0.05) is 23.6 Å². The summed E-state index contributed by atoms with van der Waals surface area (Å²) in [7, 11) is 0. The Morgan fingerprint density at radius 2 is 1.69 bits per heavy atom. The van der Waals surface area contributed by atoms with E-state index in [-0.39, 0.29) is 5.92 Å². The Bertz CT molecular complexity index is 860. The molecule has 1 aromatic carbocycles. The minimum absolute atomic E-state index is 0.197. The third kappa shape index (κ3) is 2.80. The molecule has 2 heterocycles. The zero-order chi connectivity index (χ0) is 18.3. The first-order chi connectivity index (χ1) is 12.6. The largest absolute Gasteiger partial charge is 0.324 e. The molecule has 0 saturated carbocycles. The highest BCUT2D eigenvalue weighted by molar-refractivity contribution is 6.52. The van der Waals surface area contributed by atoms with Crippen LogP contribution in [-0.2, 0) is 6.54 Å². The fourth-order valence-corrected chi connectivity index (χ4v) is 4.13. The van der Waals surface area contributed by atoms with Gasteiger partial charge in [0.2, 0.25) is 5.78 Å². The van der Waals surface area contributed by atoms with E-state index in [1.54, 1.807) is 12.1 Å². The van der Waals surface area contributed by atoms with Crippen LogP contribution in [0.4, 0.5) is 0 Å². The Labute approximate surface area is 154 Å². The van der Waals surface area contributed by atoms with Crippen molar-refractivity contribution >= 4 is 11.6 Å². The van der Waals surface area contributed by atoms with Crippen LogP contribution in [0.25, 0.3) is 11.3 Å². The van der Waals surface area contributed by atoms with E-state index in [9.17, 15) is 9.59 Å². The molecule has 1 saturated heterocycles. The number of benzene rings is 1. The zero-order valence-corrected chi connectivity index (χ0v) is 15.5. The summed E-state index contributed by atoms with van der Waals surface area (Å²) in [6, 6.07) is 7.31. The van der Waals surface area contributed by atoms with E-state index in [2.05, 4.69) is 18.7 Å². The van der Waals surface area contributed by atoms with Crippen molar-refractivity contribution in [2.24, 2.45) is 0 Å². The lowest BCUT2D eigenvalue weighted by atomic mass is 9.90. The summed E-state index contributed by atoms with van der Waals surface area (Å²) in [5.74, 6) is 0.264. The molecule has 5 heteroatoms. The molecule has 0 bridgehead atoms. The standard InChI is InChI=1S/C21H25N3O2/c1-14(2)21-22-17-15-8-3-4-9-16(15)19(25)20(26)18(17)24(21)13-7-12-23-10-5-6-11-23/h3-4,8-9,14H,5-7,10-13H2,1-2H3. The molecule has 0 spiro atoms. The lowest BCUT2D eigenvalue weighted by molar-refractivity contribution is 0.0809. The second-order valence-corrected chi connectivity index (χ2v) is 7.58. The zero-order valence-electron chi connectivity index (χ0n) is 15.5. The average molecular weight is 351 g/mol. The lowest BCUT2D eigenvalue weighted by Crippen LogP contribution is -2.26. The molecular weight excluding hydrogens is 326 g/mol. The fraction of sp³-hybridized carbons (Fsp3) is 0.476. The maximum absolute atomic E-state index is 12.8. The van der Waals surface area contributed by atoms with Crippen LogP contribution >= 0.6 is 0 Å². The molecule has 26 heavy (non-hydrogen) atoms. The van der Waals surface area contributed by atoms with E-state index >= 15 is 0 Å². The quantitative estimate of drug-likeness (QED) is 0.773. The Morgan fingerprint density at radius 3 is 2.38 bits per heavy atom. The van der Waals surface area contributed by atoms with Gasteiger partial charge >= 0.3 is 0 Å². The highest BCUT2D eigenvalue weighted by Gasteiger charge is 2.36. The van der Waals surface area contributed by atoms with Crippen molar-refractivity contribution in [1.29, 1.82) is 0 Å². The predicted octanol–water partition coefficient (Wildman–Crippen LogP) is 3.54. The summed E-state index contributed by atoms with van der Waals surface area (Å²) in [5, 5.41) is 0. The number of carbonyl (C=O) groups is 2. The number of ketones is 2. The molecule has 0 N–H and O–H groups in total. The first-order valence-corrected chi connectivity index (χ1v) is 9.59. The molecule has 136 valence electrons. The topological polar surface area (TPSA) is 55.2 Å². The minimum atomic E-state index is -0.417. The fourth-order valence-electron chi connectivity index (χ4n) is 4.13. The Morgan fingerprint density at radius 1 is 1.00 bits per heavy atom. The van der Waals surface area contributed by atoms with Gasteiger partial charge in [0.15, 0.2) is 0 Å². The van der Waals surface area contributed by atoms with E-state index in [1.807, 2.05) is 16.7 Å². The van der Waals surface area contributed by atoms with Crippen LogP contribution in [-0.4, -0.2) is 45.7 Å². The molecular formula is C21H25N3O2. The average Bonchev–Trinajstić information content (AvgIpc) is 3.28. The first-order valence-electron chi connectivity index (χ1n) is 9.59. The van der Waals surface area contributed by atoms with Crippen molar-refractivity contribution in [2.45, 2.75) is 45.6 Å². The van der Waals surface area contributed by atoms with Gasteiger partial charge in [-0.15, -0.1) is 0 Å². The maximum Gasteiger partial charge on any atom is 0.252 e. The molecule has 0 unspecified atom stereocenters. The number of likely N-dealkylation sites (tertiary alicyclic amines) is 1. The number of nitrogens with zero attached hydrogens (tertiary/aromatic N) is 3. The number of fused-ring (bicyclic) bond motifs is 3. The van der Waals surface area contributed by atoms with Crippen LogP contribution in [0.3, 0.4) is 0 Å². The van der Waals surface area contributed by atoms with Gasteiger partial charge in [0.1, 0.15) is 17.2 Å². The summed E-state index contributed by atoms with van der Waals surface area (Å²) in [6.07, 6.45) is 3.52. The van der Waals surface area contributed by atoms with Gasteiger partial charge in [-0.1, -0.05) is 38.1 Å². The maximum atomic E-state index is 12.8. The highest BCUT2D eigenvalue weighted by atomic mass is 16.2. The van der Waals surface area contributed by atoms with E-state index in [4.69, 9.17) is 4.98 Å². The molecule has 0 amide bonds. The van der Waals surface area contributed by atoms with Gasteiger partial charge in [0.05, 0.1) is 0 Å². The molecule has 0 atom stereocenters.